The first-order valence-corrected chi connectivity index (χ1v) is 10.7. The molecule has 3 atom stereocenters. The molecular weight excluding hydrogens is 433 g/mol. The molecule has 4 rings (SSSR count). The summed E-state index contributed by atoms with van der Waals surface area (Å²) in [6, 6.07) is 3.36. The summed E-state index contributed by atoms with van der Waals surface area (Å²) in [6.07, 6.45) is 0.0494. The fraction of sp³-hybridized carbons (Fsp3) is 0.524. The highest BCUT2D eigenvalue weighted by Gasteiger charge is 2.40. The second-order valence-corrected chi connectivity index (χ2v) is 8.22. The molecule has 0 saturated heterocycles. The van der Waals surface area contributed by atoms with Crippen LogP contribution in [-0.4, -0.2) is 63.2 Å². The number of aromatic amines is 1. The van der Waals surface area contributed by atoms with Gasteiger partial charge in [-0.1, -0.05) is 0 Å². The molecule has 1 aliphatic rings. The lowest BCUT2D eigenvalue weighted by Crippen LogP contribution is -2.36. The van der Waals surface area contributed by atoms with E-state index in [0.29, 0.717) is 48.4 Å². The second kappa shape index (κ2) is 9.61. The topological polar surface area (TPSA) is 128 Å². The molecule has 3 aromatic rings. The van der Waals surface area contributed by atoms with Crippen molar-refractivity contribution in [2.75, 3.05) is 19.5 Å². The van der Waals surface area contributed by atoms with E-state index in [1.54, 1.807) is 29.8 Å². The highest BCUT2D eigenvalue weighted by atomic mass is 19.1. The summed E-state index contributed by atoms with van der Waals surface area (Å²) >= 11 is 0. The highest BCUT2D eigenvalue weighted by molar-refractivity contribution is 5.67. The van der Waals surface area contributed by atoms with E-state index in [0.717, 1.165) is 5.69 Å². The van der Waals surface area contributed by atoms with Gasteiger partial charge in [-0.05, 0) is 26.7 Å². The molecule has 1 saturated carbocycles. The van der Waals surface area contributed by atoms with Gasteiger partial charge in [0.2, 0.25) is 11.8 Å². The lowest BCUT2D eigenvalue weighted by molar-refractivity contribution is 0.0555. The van der Waals surface area contributed by atoms with Gasteiger partial charge in [0.05, 0.1) is 19.4 Å². The maximum absolute atomic E-state index is 15.0. The molecule has 11 nitrogen and oxygen atoms in total. The number of carbonyl (C=O) groups excluding carboxylic acids is 1. The molecule has 0 aromatic carbocycles. The Morgan fingerprint density at radius 1 is 1.30 bits per heavy atom. The number of ether oxygens (including phenoxy) is 3. The fourth-order valence-corrected chi connectivity index (χ4v) is 3.91. The molecule has 0 spiro atoms. The van der Waals surface area contributed by atoms with Gasteiger partial charge in [0.15, 0.2) is 5.82 Å². The quantitative estimate of drug-likeness (QED) is 0.467. The zero-order valence-corrected chi connectivity index (χ0v) is 19.0. The minimum Gasteiger partial charge on any atom is -0.481 e. The van der Waals surface area contributed by atoms with E-state index in [1.807, 2.05) is 13.8 Å². The average Bonchev–Trinajstić information content (AvgIpc) is 3.47. The zero-order valence-electron chi connectivity index (χ0n) is 19.0. The van der Waals surface area contributed by atoms with Crippen molar-refractivity contribution in [2.45, 2.75) is 57.5 Å². The van der Waals surface area contributed by atoms with Crippen molar-refractivity contribution >= 4 is 23.5 Å². The van der Waals surface area contributed by atoms with Crippen LogP contribution in [0.1, 0.15) is 44.0 Å². The van der Waals surface area contributed by atoms with Crippen LogP contribution in [0.4, 0.5) is 21.0 Å². The molecular formula is C21H28FN7O4. The summed E-state index contributed by atoms with van der Waals surface area (Å²) in [4.78, 5) is 20.8. The van der Waals surface area contributed by atoms with Crippen LogP contribution in [0.2, 0.25) is 0 Å². The summed E-state index contributed by atoms with van der Waals surface area (Å²) in [6.45, 7) is 3.99. The fourth-order valence-electron chi connectivity index (χ4n) is 3.91. The maximum atomic E-state index is 15.0. The van der Waals surface area contributed by atoms with E-state index in [9.17, 15) is 4.79 Å². The highest BCUT2D eigenvalue weighted by Crippen LogP contribution is 2.38. The number of methoxy groups -OCH3 is 2. The standard InChI is InChI=1S/C21H28FN7O4/c1-11(2)23-21(30)33-15-6-5-13(19(15)22)14-7-16(28-27-14)25-20-26-18(32-4)8-17-24-12(10-31-3)9-29(17)20/h7-9,11,13,15,19H,5-6,10H2,1-4H3,(H,23,30)(H2,25,26,27,28)/t13-,15-,19+/m1/s1. The Kier molecular flexibility index (Phi) is 6.63. The van der Waals surface area contributed by atoms with Gasteiger partial charge in [-0.2, -0.15) is 10.1 Å². The predicted octanol–water partition coefficient (Wildman–Crippen LogP) is 3.07. The predicted molar refractivity (Wildman–Crippen MR) is 118 cm³/mol. The van der Waals surface area contributed by atoms with Gasteiger partial charge >= 0.3 is 6.09 Å². The third kappa shape index (κ3) is 5.00. The van der Waals surface area contributed by atoms with Gasteiger partial charge in [0, 0.05) is 43.1 Å². The second-order valence-electron chi connectivity index (χ2n) is 8.22. The van der Waals surface area contributed by atoms with Crippen LogP contribution in [-0.2, 0) is 16.1 Å². The molecule has 0 aliphatic heterocycles. The number of rotatable bonds is 8. The maximum Gasteiger partial charge on any atom is 0.407 e. The minimum atomic E-state index is -1.33. The van der Waals surface area contributed by atoms with Crippen LogP contribution in [0.3, 0.4) is 0 Å². The number of anilines is 2. The third-order valence-electron chi connectivity index (χ3n) is 5.39. The molecule has 1 amide bonds. The van der Waals surface area contributed by atoms with E-state index >= 15 is 4.39 Å². The summed E-state index contributed by atoms with van der Waals surface area (Å²) < 4.78 is 32.5. The van der Waals surface area contributed by atoms with Crippen LogP contribution >= 0.6 is 0 Å². The van der Waals surface area contributed by atoms with Crippen molar-refractivity contribution in [3.05, 3.63) is 29.7 Å². The van der Waals surface area contributed by atoms with Crippen molar-refractivity contribution in [3.8, 4) is 5.88 Å². The summed E-state index contributed by atoms with van der Waals surface area (Å²) in [5.41, 5.74) is 1.98. The van der Waals surface area contributed by atoms with E-state index in [1.165, 1.54) is 7.11 Å². The first kappa shape index (κ1) is 22.8. The van der Waals surface area contributed by atoms with E-state index in [-0.39, 0.29) is 6.04 Å². The molecule has 33 heavy (non-hydrogen) atoms. The van der Waals surface area contributed by atoms with Crippen LogP contribution in [0.5, 0.6) is 5.88 Å². The molecule has 1 aliphatic carbocycles. The van der Waals surface area contributed by atoms with Crippen LogP contribution < -0.4 is 15.4 Å². The number of hydrogen-bond donors (Lipinski definition) is 3. The van der Waals surface area contributed by atoms with Crippen molar-refractivity contribution in [1.82, 2.24) is 29.9 Å². The number of halogens is 1. The SMILES string of the molecule is COCc1cn2c(Nc3cc([C@H]4CC[C@@H](OC(=O)NC(C)C)[C@H]4F)[nH]n3)nc(OC)cc2n1. The Bertz CT molecular complexity index is 1120. The Labute approximate surface area is 190 Å². The number of amides is 1. The van der Waals surface area contributed by atoms with Crippen molar-refractivity contribution in [1.29, 1.82) is 0 Å². The number of nitrogens with one attached hydrogen (secondary N) is 3. The van der Waals surface area contributed by atoms with E-state index in [2.05, 4.69) is 30.8 Å². The number of fused-ring (bicyclic) bond motifs is 1. The summed E-state index contributed by atoms with van der Waals surface area (Å²) in [5.74, 6) is 0.828. The van der Waals surface area contributed by atoms with Gasteiger partial charge in [-0.25, -0.2) is 14.2 Å². The first-order chi connectivity index (χ1) is 15.9. The lowest BCUT2D eigenvalue weighted by Gasteiger charge is -2.18. The third-order valence-corrected chi connectivity index (χ3v) is 5.39. The molecule has 3 heterocycles. The smallest absolute Gasteiger partial charge is 0.407 e. The van der Waals surface area contributed by atoms with Gasteiger partial charge in [0.25, 0.3) is 0 Å². The van der Waals surface area contributed by atoms with Gasteiger partial charge in [0.1, 0.15) is 17.9 Å². The van der Waals surface area contributed by atoms with Crippen LogP contribution in [0.15, 0.2) is 18.3 Å². The molecule has 0 bridgehead atoms. The normalized spacial score (nSPS) is 20.4. The van der Waals surface area contributed by atoms with Gasteiger partial charge in [-0.15, -0.1) is 0 Å². The summed E-state index contributed by atoms with van der Waals surface area (Å²) in [7, 11) is 3.12. The lowest BCUT2D eigenvalue weighted by atomic mass is 10.0. The number of imidazole rings is 1. The number of nitrogens with zero attached hydrogens (tertiary/aromatic N) is 4. The molecule has 3 N–H and O–H groups in total. The Morgan fingerprint density at radius 3 is 2.85 bits per heavy atom. The Hall–Kier alpha value is -3.41. The van der Waals surface area contributed by atoms with Crippen molar-refractivity contribution in [2.24, 2.45) is 0 Å². The van der Waals surface area contributed by atoms with Crippen molar-refractivity contribution in [3.63, 3.8) is 0 Å². The number of alkyl carbamates (subject to hydrolysis) is 1. The monoisotopic (exact) mass is 461 g/mol. The van der Waals surface area contributed by atoms with Crippen molar-refractivity contribution < 1.29 is 23.4 Å². The number of carbonyl (C=O) groups is 1. The van der Waals surface area contributed by atoms with E-state index in [4.69, 9.17) is 14.2 Å². The first-order valence-electron chi connectivity index (χ1n) is 10.7. The molecule has 1 fully saturated rings. The number of hydrogen-bond acceptors (Lipinski definition) is 8. The number of alkyl halides is 1. The Morgan fingerprint density at radius 2 is 2.12 bits per heavy atom. The minimum absolute atomic E-state index is 0.0771. The largest absolute Gasteiger partial charge is 0.481 e. The molecule has 0 unspecified atom stereocenters. The van der Waals surface area contributed by atoms with Crippen LogP contribution in [0.25, 0.3) is 5.65 Å². The zero-order chi connectivity index (χ0) is 23.5. The molecule has 12 heteroatoms. The van der Waals surface area contributed by atoms with E-state index < -0.39 is 24.3 Å². The number of H-pyrrole nitrogens is 1. The average molecular weight is 461 g/mol. The Balaban J connectivity index is 1.49. The van der Waals surface area contributed by atoms with Gasteiger partial charge in [-0.3, -0.25) is 9.50 Å². The molecule has 178 valence electrons. The van der Waals surface area contributed by atoms with Gasteiger partial charge < -0.3 is 24.8 Å². The summed E-state index contributed by atoms with van der Waals surface area (Å²) in [5, 5.41) is 12.9. The molecule has 0 radical (unpaired) electrons. The van der Waals surface area contributed by atoms with Crippen LogP contribution in [0, 0.1) is 0 Å². The molecule has 3 aromatic heterocycles. The number of aromatic nitrogens is 5.